The number of aromatic nitrogens is 4. The lowest BCUT2D eigenvalue weighted by molar-refractivity contribution is -0.0375. The Morgan fingerprint density at radius 2 is 1.97 bits per heavy atom. The highest BCUT2D eigenvalue weighted by atomic mass is 35.5. The third kappa shape index (κ3) is 5.00. The molecule has 1 aromatic carbocycles. The number of hydrogen-bond acceptors (Lipinski definition) is 10. The second kappa shape index (κ2) is 9.30. The number of hydrogen-bond donors (Lipinski definition) is 5. The molecular formula is C20H23ClN5O8PS. The van der Waals surface area contributed by atoms with E-state index in [1.807, 2.05) is 18.2 Å². The lowest BCUT2D eigenvalue weighted by Crippen LogP contribution is -2.36. The number of aliphatic hydroxyl groups excluding tert-OH is 2. The van der Waals surface area contributed by atoms with E-state index in [2.05, 4.69) is 26.7 Å². The van der Waals surface area contributed by atoms with Crippen LogP contribution in [0.25, 0.3) is 11.2 Å². The van der Waals surface area contributed by atoms with Crippen molar-refractivity contribution in [2.75, 3.05) is 16.6 Å². The summed E-state index contributed by atoms with van der Waals surface area (Å²) in [6.45, 7) is 0. The largest absolute Gasteiger partial charge is 0.387 e. The summed E-state index contributed by atoms with van der Waals surface area (Å²) < 4.78 is 42.1. The molecule has 0 spiro atoms. The van der Waals surface area contributed by atoms with Crippen LogP contribution in [0.1, 0.15) is 29.8 Å². The van der Waals surface area contributed by atoms with Crippen molar-refractivity contribution < 1.29 is 37.7 Å². The standard InChI is InChI=1S/C20H23ClN5O8PS/c21-15-7-13(22-12-6-5-10-3-1-2-4-11(10)12)16-19(23-15)26(25-24-16)20-18(28)17(27)14(34-20)8-36(32,33)9-35(29,30)31/h1-4,7,12,14,17-18,20,27-28H,5-6,8-9H2,(H,22,23)(H2,29,30,31)/t12-,14-,17-,18-,20-/m1/s1. The van der Waals surface area contributed by atoms with E-state index in [0.29, 0.717) is 11.2 Å². The molecule has 1 fully saturated rings. The van der Waals surface area contributed by atoms with Crippen LogP contribution in [-0.2, 0) is 25.6 Å². The van der Waals surface area contributed by atoms with Gasteiger partial charge < -0.3 is 30.1 Å². The number of pyridine rings is 1. The summed E-state index contributed by atoms with van der Waals surface area (Å²) in [6.07, 6.45) is -4.36. The topological polar surface area (TPSA) is 197 Å². The van der Waals surface area contributed by atoms with Crippen molar-refractivity contribution >= 4 is 45.9 Å². The summed E-state index contributed by atoms with van der Waals surface area (Å²) in [4.78, 5) is 22.2. The molecule has 0 saturated carbocycles. The van der Waals surface area contributed by atoms with E-state index in [-0.39, 0.29) is 16.8 Å². The van der Waals surface area contributed by atoms with E-state index >= 15 is 0 Å². The molecule has 3 heterocycles. The zero-order valence-corrected chi connectivity index (χ0v) is 21.0. The third-order valence-electron chi connectivity index (χ3n) is 6.23. The minimum Gasteiger partial charge on any atom is -0.387 e. The molecule has 36 heavy (non-hydrogen) atoms. The number of halogens is 1. The molecule has 3 aromatic rings. The lowest BCUT2D eigenvalue weighted by Gasteiger charge is -2.17. The number of ether oxygens (including phenoxy) is 1. The molecule has 1 saturated heterocycles. The third-order valence-corrected chi connectivity index (χ3v) is 10.2. The van der Waals surface area contributed by atoms with E-state index in [0.717, 1.165) is 23.1 Å². The predicted octanol–water partition coefficient (Wildman–Crippen LogP) is 0.748. The fourth-order valence-electron chi connectivity index (χ4n) is 4.69. The van der Waals surface area contributed by atoms with Crippen LogP contribution in [0.2, 0.25) is 5.15 Å². The molecule has 1 aliphatic heterocycles. The Bertz CT molecular complexity index is 1460. The summed E-state index contributed by atoms with van der Waals surface area (Å²) >= 11 is 6.26. The van der Waals surface area contributed by atoms with Crippen LogP contribution < -0.4 is 5.32 Å². The summed E-state index contributed by atoms with van der Waals surface area (Å²) in [5, 5.41) is 32.7. The van der Waals surface area contributed by atoms with Gasteiger partial charge in [0, 0.05) is 6.07 Å². The second-order valence-corrected chi connectivity index (χ2v) is 13.5. The number of fused-ring (bicyclic) bond motifs is 2. The molecule has 0 radical (unpaired) electrons. The molecule has 194 valence electrons. The smallest absolute Gasteiger partial charge is 0.340 e. The van der Waals surface area contributed by atoms with Crippen molar-refractivity contribution in [1.82, 2.24) is 20.0 Å². The van der Waals surface area contributed by atoms with E-state index in [4.69, 9.17) is 26.1 Å². The van der Waals surface area contributed by atoms with Gasteiger partial charge in [0.05, 0.1) is 17.5 Å². The van der Waals surface area contributed by atoms with Crippen LogP contribution >= 0.6 is 19.2 Å². The van der Waals surface area contributed by atoms with Gasteiger partial charge in [0.15, 0.2) is 32.7 Å². The monoisotopic (exact) mass is 559 g/mol. The highest BCUT2D eigenvalue weighted by Gasteiger charge is 2.47. The Labute approximate surface area is 210 Å². The zero-order valence-electron chi connectivity index (χ0n) is 18.5. The van der Waals surface area contributed by atoms with Crippen molar-refractivity contribution in [3.05, 3.63) is 46.6 Å². The van der Waals surface area contributed by atoms with Gasteiger partial charge in [0.25, 0.3) is 0 Å². The molecule has 16 heteroatoms. The summed E-state index contributed by atoms with van der Waals surface area (Å²) in [7, 11) is -9.18. The van der Waals surface area contributed by atoms with Crippen LogP contribution in [0.5, 0.6) is 0 Å². The number of nitrogens with one attached hydrogen (secondary N) is 1. The number of rotatable bonds is 7. The minimum absolute atomic E-state index is 0.00627. The zero-order chi connectivity index (χ0) is 25.8. The maximum absolute atomic E-state index is 12.2. The van der Waals surface area contributed by atoms with Crippen molar-refractivity contribution in [2.24, 2.45) is 0 Å². The minimum atomic E-state index is -4.87. The highest BCUT2D eigenvalue weighted by Crippen LogP contribution is 2.39. The molecule has 0 bridgehead atoms. The van der Waals surface area contributed by atoms with Gasteiger partial charge in [0.1, 0.15) is 23.5 Å². The van der Waals surface area contributed by atoms with Gasteiger partial charge in [-0.05, 0) is 24.0 Å². The van der Waals surface area contributed by atoms with E-state index in [1.165, 1.54) is 5.56 Å². The van der Waals surface area contributed by atoms with Crippen LogP contribution in [0.3, 0.4) is 0 Å². The maximum atomic E-state index is 12.2. The SMILES string of the molecule is O=P(O)(O)CS(=O)(=O)C[C@H]1O[C@@H](n2nnc3c(N[C@@H]4CCc5ccccc54)cc(Cl)nc32)[C@H](O)[C@@H]1O. The van der Waals surface area contributed by atoms with Crippen molar-refractivity contribution in [1.29, 1.82) is 0 Å². The highest BCUT2D eigenvalue weighted by molar-refractivity contribution is 7.97. The van der Waals surface area contributed by atoms with Crippen LogP contribution in [-0.4, -0.2) is 78.0 Å². The summed E-state index contributed by atoms with van der Waals surface area (Å²) in [6, 6.07) is 9.67. The lowest BCUT2D eigenvalue weighted by atomic mass is 10.1. The van der Waals surface area contributed by atoms with Gasteiger partial charge in [-0.3, -0.25) is 4.57 Å². The van der Waals surface area contributed by atoms with E-state index < -0.39 is 53.2 Å². The van der Waals surface area contributed by atoms with E-state index in [1.54, 1.807) is 6.07 Å². The van der Waals surface area contributed by atoms with Gasteiger partial charge in [-0.2, -0.15) is 4.68 Å². The molecule has 13 nitrogen and oxygen atoms in total. The van der Waals surface area contributed by atoms with E-state index in [9.17, 15) is 23.2 Å². The number of aryl methyl sites for hydroxylation is 1. The Kier molecular flexibility index (Phi) is 6.58. The van der Waals surface area contributed by atoms with Crippen LogP contribution in [0.4, 0.5) is 5.69 Å². The molecule has 5 atom stereocenters. The average Bonchev–Trinajstić information content (AvgIpc) is 3.45. The Hall–Kier alpha value is -2.16. The van der Waals surface area contributed by atoms with Crippen LogP contribution in [0, 0.1) is 0 Å². The number of nitrogens with zero attached hydrogens (tertiary/aromatic N) is 4. The van der Waals surface area contributed by atoms with Crippen molar-refractivity contribution in [3.63, 3.8) is 0 Å². The molecule has 0 unspecified atom stereocenters. The summed E-state index contributed by atoms with van der Waals surface area (Å²) in [5.41, 5.74) is 2.00. The molecule has 5 rings (SSSR count). The first-order valence-corrected chi connectivity index (χ1v) is 14.9. The number of anilines is 1. The molecule has 2 aromatic heterocycles. The van der Waals surface area contributed by atoms with Gasteiger partial charge >= 0.3 is 7.60 Å². The molecule has 5 N–H and O–H groups in total. The number of aliphatic hydroxyl groups is 2. The number of sulfone groups is 1. The Balaban J connectivity index is 1.42. The van der Waals surface area contributed by atoms with Gasteiger partial charge in [-0.1, -0.05) is 41.1 Å². The quantitative estimate of drug-likeness (QED) is 0.201. The van der Waals surface area contributed by atoms with Gasteiger partial charge in [-0.15, -0.1) is 5.10 Å². The number of benzene rings is 1. The fraction of sp³-hybridized carbons (Fsp3) is 0.450. The maximum Gasteiger partial charge on any atom is 0.340 e. The second-order valence-electron chi connectivity index (χ2n) is 8.88. The first-order chi connectivity index (χ1) is 16.9. The first-order valence-electron chi connectivity index (χ1n) is 10.9. The predicted molar refractivity (Wildman–Crippen MR) is 128 cm³/mol. The van der Waals surface area contributed by atoms with Gasteiger partial charge in [0.2, 0.25) is 0 Å². The molecule has 1 aliphatic carbocycles. The fourth-order valence-corrected chi connectivity index (χ4v) is 8.13. The molecule has 2 aliphatic rings. The summed E-state index contributed by atoms with van der Waals surface area (Å²) in [5.74, 6) is -0.915. The van der Waals surface area contributed by atoms with Crippen molar-refractivity contribution in [3.8, 4) is 0 Å². The Morgan fingerprint density at radius 3 is 2.72 bits per heavy atom. The first kappa shape index (κ1) is 25.5. The molecular weight excluding hydrogens is 537 g/mol. The average molecular weight is 560 g/mol. The molecule has 0 amide bonds. The normalized spacial score (nSPS) is 26.4. The van der Waals surface area contributed by atoms with Crippen LogP contribution in [0.15, 0.2) is 30.3 Å². The Morgan fingerprint density at radius 1 is 1.22 bits per heavy atom. The van der Waals surface area contributed by atoms with Gasteiger partial charge in [-0.25, -0.2) is 13.4 Å². The van der Waals surface area contributed by atoms with Crippen molar-refractivity contribution in [2.45, 2.75) is 43.4 Å².